The van der Waals surface area contributed by atoms with Crippen molar-refractivity contribution in [3.05, 3.63) is 35.9 Å². The number of alkyl halides is 1. The van der Waals surface area contributed by atoms with Crippen LogP contribution in [0.2, 0.25) is 0 Å². The van der Waals surface area contributed by atoms with E-state index in [4.69, 9.17) is 16.3 Å². The highest BCUT2D eigenvalue weighted by molar-refractivity contribution is 6.18. The van der Waals surface area contributed by atoms with E-state index in [1.54, 1.807) is 6.92 Å². The Labute approximate surface area is 106 Å². The highest BCUT2D eigenvalue weighted by Gasteiger charge is 2.15. The number of benzene rings is 1. The van der Waals surface area contributed by atoms with E-state index in [9.17, 15) is 9.90 Å². The molecule has 5 heteroatoms. The molecule has 2 atom stereocenters. The van der Waals surface area contributed by atoms with Gasteiger partial charge in [-0.2, -0.15) is 0 Å². The van der Waals surface area contributed by atoms with E-state index < -0.39 is 18.2 Å². The summed E-state index contributed by atoms with van der Waals surface area (Å²) in [6, 6.07) is 8.93. The number of alkyl carbamates (subject to hydrolysis) is 1. The van der Waals surface area contributed by atoms with E-state index in [2.05, 4.69) is 5.32 Å². The Morgan fingerprint density at radius 3 is 2.71 bits per heavy atom. The minimum Gasteiger partial charge on any atom is -0.445 e. The SMILES string of the molecule is C[C@H](NC(=O)OCc1ccccc1)[C@@H](O)CCl. The molecule has 0 aromatic heterocycles. The van der Waals surface area contributed by atoms with E-state index in [1.165, 1.54) is 0 Å². The Bertz CT molecular complexity index is 345. The minimum atomic E-state index is -0.777. The maximum Gasteiger partial charge on any atom is 0.407 e. The van der Waals surface area contributed by atoms with Crippen molar-refractivity contribution >= 4 is 17.7 Å². The molecule has 0 fully saturated rings. The first-order chi connectivity index (χ1) is 8.13. The van der Waals surface area contributed by atoms with E-state index in [0.29, 0.717) is 0 Å². The lowest BCUT2D eigenvalue weighted by Crippen LogP contribution is -2.42. The highest BCUT2D eigenvalue weighted by Crippen LogP contribution is 2.01. The van der Waals surface area contributed by atoms with Gasteiger partial charge >= 0.3 is 6.09 Å². The van der Waals surface area contributed by atoms with Crippen LogP contribution in [0.25, 0.3) is 0 Å². The molecule has 0 bridgehead atoms. The first-order valence-electron chi connectivity index (χ1n) is 5.34. The molecule has 2 N–H and O–H groups in total. The molecule has 0 aliphatic carbocycles. The van der Waals surface area contributed by atoms with Crippen molar-refractivity contribution in [2.75, 3.05) is 5.88 Å². The summed E-state index contributed by atoms with van der Waals surface area (Å²) in [5.74, 6) is 0.0696. The molecule has 0 aliphatic rings. The first kappa shape index (κ1) is 13.8. The second kappa shape index (κ2) is 7.14. The lowest BCUT2D eigenvalue weighted by molar-refractivity contribution is 0.115. The minimum absolute atomic E-state index is 0.0696. The van der Waals surface area contributed by atoms with Gasteiger partial charge in [0.1, 0.15) is 6.61 Å². The van der Waals surface area contributed by atoms with Crippen LogP contribution < -0.4 is 5.32 Å². The maximum atomic E-state index is 11.4. The number of hydrogen-bond donors (Lipinski definition) is 2. The summed E-state index contributed by atoms with van der Waals surface area (Å²) in [6.07, 6.45) is -1.34. The van der Waals surface area contributed by atoms with Gasteiger partial charge < -0.3 is 15.2 Å². The molecule has 0 unspecified atom stereocenters. The fourth-order valence-corrected chi connectivity index (χ4v) is 1.45. The maximum absolute atomic E-state index is 11.4. The molecule has 1 aromatic rings. The lowest BCUT2D eigenvalue weighted by atomic mass is 10.2. The summed E-state index contributed by atoms with van der Waals surface area (Å²) >= 11 is 5.46. The van der Waals surface area contributed by atoms with E-state index in [0.717, 1.165) is 5.56 Å². The van der Waals surface area contributed by atoms with Crippen LogP contribution in [0, 0.1) is 0 Å². The van der Waals surface area contributed by atoms with Gasteiger partial charge in [0.05, 0.1) is 18.0 Å². The van der Waals surface area contributed by atoms with Crippen molar-refractivity contribution < 1.29 is 14.6 Å². The lowest BCUT2D eigenvalue weighted by Gasteiger charge is -2.17. The first-order valence-corrected chi connectivity index (χ1v) is 5.88. The Balaban J connectivity index is 2.31. The Morgan fingerprint density at radius 2 is 2.12 bits per heavy atom. The third-order valence-corrected chi connectivity index (χ3v) is 2.61. The van der Waals surface area contributed by atoms with Crippen molar-refractivity contribution in [1.29, 1.82) is 0 Å². The number of carbonyl (C=O) groups excluding carboxylic acids is 1. The average Bonchev–Trinajstić information content (AvgIpc) is 2.36. The van der Waals surface area contributed by atoms with Crippen molar-refractivity contribution in [2.45, 2.75) is 25.7 Å². The van der Waals surface area contributed by atoms with Crippen molar-refractivity contribution in [1.82, 2.24) is 5.32 Å². The molecule has 94 valence electrons. The molecule has 4 nitrogen and oxygen atoms in total. The number of nitrogens with one attached hydrogen (secondary N) is 1. The number of amides is 1. The second-order valence-corrected chi connectivity index (χ2v) is 4.03. The van der Waals surface area contributed by atoms with Gasteiger partial charge in [-0.25, -0.2) is 4.79 Å². The van der Waals surface area contributed by atoms with Crippen LogP contribution >= 0.6 is 11.6 Å². The molecule has 0 spiro atoms. The van der Waals surface area contributed by atoms with Gasteiger partial charge in [0.2, 0.25) is 0 Å². The van der Waals surface area contributed by atoms with Gasteiger partial charge in [0.25, 0.3) is 0 Å². The highest BCUT2D eigenvalue weighted by atomic mass is 35.5. The fraction of sp³-hybridized carbons (Fsp3) is 0.417. The largest absolute Gasteiger partial charge is 0.445 e. The summed E-state index contributed by atoms with van der Waals surface area (Å²) in [7, 11) is 0. The third-order valence-electron chi connectivity index (χ3n) is 2.29. The van der Waals surface area contributed by atoms with Crippen molar-refractivity contribution in [2.24, 2.45) is 0 Å². The van der Waals surface area contributed by atoms with Crippen LogP contribution in [0.1, 0.15) is 12.5 Å². The predicted molar refractivity (Wildman–Crippen MR) is 66.0 cm³/mol. The summed E-state index contributed by atoms with van der Waals surface area (Å²) in [6.45, 7) is 1.87. The van der Waals surface area contributed by atoms with E-state index >= 15 is 0 Å². The van der Waals surface area contributed by atoms with Gasteiger partial charge in [-0.15, -0.1) is 11.6 Å². The number of halogens is 1. The zero-order valence-corrected chi connectivity index (χ0v) is 10.4. The molecule has 17 heavy (non-hydrogen) atoms. The molecule has 1 amide bonds. The number of aliphatic hydroxyl groups is 1. The number of aliphatic hydroxyl groups excluding tert-OH is 1. The molecule has 0 radical (unpaired) electrons. The summed E-state index contributed by atoms with van der Waals surface area (Å²) in [5, 5.41) is 11.9. The average molecular weight is 258 g/mol. The molecule has 0 heterocycles. The quantitative estimate of drug-likeness (QED) is 0.792. The van der Waals surface area contributed by atoms with Crippen LogP contribution in [0.4, 0.5) is 4.79 Å². The van der Waals surface area contributed by atoms with Crippen LogP contribution in [0.15, 0.2) is 30.3 Å². The topological polar surface area (TPSA) is 58.6 Å². The van der Waals surface area contributed by atoms with Crippen LogP contribution in [-0.2, 0) is 11.3 Å². The number of hydrogen-bond acceptors (Lipinski definition) is 3. The van der Waals surface area contributed by atoms with Crippen LogP contribution in [0.5, 0.6) is 0 Å². The van der Waals surface area contributed by atoms with E-state index in [1.807, 2.05) is 30.3 Å². The Hall–Kier alpha value is -1.26. The zero-order chi connectivity index (χ0) is 12.7. The second-order valence-electron chi connectivity index (χ2n) is 3.72. The van der Waals surface area contributed by atoms with Gasteiger partial charge in [-0.3, -0.25) is 0 Å². The number of rotatable bonds is 5. The normalized spacial score (nSPS) is 13.8. The van der Waals surface area contributed by atoms with Crippen LogP contribution in [0.3, 0.4) is 0 Å². The molecule has 1 aromatic carbocycles. The molecular weight excluding hydrogens is 242 g/mol. The molecule has 0 saturated carbocycles. The van der Waals surface area contributed by atoms with Gasteiger partial charge in [0.15, 0.2) is 0 Å². The monoisotopic (exact) mass is 257 g/mol. The smallest absolute Gasteiger partial charge is 0.407 e. The summed E-state index contributed by atoms with van der Waals surface area (Å²) < 4.78 is 4.99. The fourth-order valence-electron chi connectivity index (χ4n) is 1.18. The molecular formula is C12H16ClNO3. The standard InChI is InChI=1S/C12H16ClNO3/c1-9(11(15)7-13)14-12(16)17-8-10-5-3-2-4-6-10/h2-6,9,11,15H,7-8H2,1H3,(H,14,16)/t9-,11-/m0/s1. The molecule has 0 aliphatic heterocycles. The predicted octanol–water partition coefficient (Wildman–Crippen LogP) is 1.90. The number of ether oxygens (including phenoxy) is 1. The van der Waals surface area contributed by atoms with Gasteiger partial charge in [-0.05, 0) is 12.5 Å². The van der Waals surface area contributed by atoms with E-state index in [-0.39, 0.29) is 12.5 Å². The third kappa shape index (κ3) is 5.06. The Kier molecular flexibility index (Phi) is 5.80. The van der Waals surface area contributed by atoms with Gasteiger partial charge in [-0.1, -0.05) is 30.3 Å². The summed E-state index contributed by atoms with van der Waals surface area (Å²) in [5.41, 5.74) is 0.910. The van der Waals surface area contributed by atoms with Crippen LogP contribution in [-0.4, -0.2) is 29.2 Å². The zero-order valence-electron chi connectivity index (χ0n) is 9.60. The molecule has 1 rings (SSSR count). The Morgan fingerprint density at radius 1 is 1.47 bits per heavy atom. The van der Waals surface area contributed by atoms with Gasteiger partial charge in [0, 0.05) is 0 Å². The number of carbonyl (C=O) groups is 1. The molecule has 0 saturated heterocycles. The van der Waals surface area contributed by atoms with Crippen molar-refractivity contribution in [3.8, 4) is 0 Å². The van der Waals surface area contributed by atoms with Crippen molar-refractivity contribution in [3.63, 3.8) is 0 Å². The summed E-state index contributed by atoms with van der Waals surface area (Å²) in [4.78, 5) is 11.4.